The molecule has 0 spiro atoms. The lowest BCUT2D eigenvalue weighted by atomic mass is 9.97. The lowest BCUT2D eigenvalue weighted by molar-refractivity contribution is 0.569. The van der Waals surface area contributed by atoms with E-state index in [1.807, 2.05) is 33.6 Å². The van der Waals surface area contributed by atoms with Crippen LogP contribution in [0, 0.1) is 18.6 Å². The number of benzene rings is 1. The van der Waals surface area contributed by atoms with Gasteiger partial charge in [0.15, 0.2) is 0 Å². The first-order chi connectivity index (χ1) is 12.6. The zero-order valence-electron chi connectivity index (χ0n) is 14.2. The SMILES string of the molecule is Cc1c(F)ccc(-c2nn3c(c2-c2ccc4nccn4c2)CCC3)c1F. The van der Waals surface area contributed by atoms with Gasteiger partial charge < -0.3 is 4.40 Å². The van der Waals surface area contributed by atoms with E-state index in [4.69, 9.17) is 0 Å². The second kappa shape index (κ2) is 5.49. The van der Waals surface area contributed by atoms with Crippen molar-refractivity contribution in [1.29, 1.82) is 0 Å². The van der Waals surface area contributed by atoms with Crippen LogP contribution in [-0.4, -0.2) is 19.2 Å². The molecule has 3 aromatic heterocycles. The van der Waals surface area contributed by atoms with E-state index < -0.39 is 11.6 Å². The molecule has 26 heavy (non-hydrogen) atoms. The fraction of sp³-hybridized carbons (Fsp3) is 0.200. The van der Waals surface area contributed by atoms with Gasteiger partial charge in [0.25, 0.3) is 0 Å². The van der Waals surface area contributed by atoms with Crippen LogP contribution in [0.25, 0.3) is 28.0 Å². The Labute approximate surface area is 148 Å². The molecule has 0 saturated heterocycles. The van der Waals surface area contributed by atoms with E-state index in [0.29, 0.717) is 11.3 Å². The molecule has 4 aromatic rings. The summed E-state index contributed by atoms with van der Waals surface area (Å²) in [5.41, 5.74) is 4.75. The third kappa shape index (κ3) is 2.11. The smallest absolute Gasteiger partial charge is 0.138 e. The van der Waals surface area contributed by atoms with Crippen molar-refractivity contribution < 1.29 is 8.78 Å². The molecule has 0 unspecified atom stereocenters. The van der Waals surface area contributed by atoms with Gasteiger partial charge in [-0.05, 0) is 44.0 Å². The van der Waals surface area contributed by atoms with Gasteiger partial charge in [-0.25, -0.2) is 13.8 Å². The minimum atomic E-state index is -0.549. The Bertz CT molecular complexity index is 1160. The fourth-order valence-corrected chi connectivity index (χ4v) is 3.74. The third-order valence-electron chi connectivity index (χ3n) is 5.09. The highest BCUT2D eigenvalue weighted by Gasteiger charge is 2.26. The summed E-state index contributed by atoms with van der Waals surface area (Å²) >= 11 is 0. The molecule has 0 radical (unpaired) electrons. The number of halogens is 2. The van der Waals surface area contributed by atoms with Crippen molar-refractivity contribution in [1.82, 2.24) is 19.2 Å². The zero-order valence-corrected chi connectivity index (χ0v) is 14.2. The molecule has 130 valence electrons. The lowest BCUT2D eigenvalue weighted by Crippen LogP contribution is -1.97. The quantitative estimate of drug-likeness (QED) is 0.537. The molecule has 0 amide bonds. The van der Waals surface area contributed by atoms with E-state index in [1.165, 1.54) is 19.1 Å². The summed E-state index contributed by atoms with van der Waals surface area (Å²) in [6.07, 6.45) is 7.52. The van der Waals surface area contributed by atoms with E-state index in [-0.39, 0.29) is 5.56 Å². The standard InChI is InChI=1S/C20H16F2N4/c1-12-15(21)6-5-14(19(12)22)20-18(16-3-2-9-26(16)24-20)13-4-7-17-23-8-10-25(17)11-13/h4-8,10-11H,2-3,9H2,1H3. The van der Waals surface area contributed by atoms with Crippen molar-refractivity contribution in [2.45, 2.75) is 26.3 Å². The highest BCUT2D eigenvalue weighted by molar-refractivity contribution is 5.83. The van der Waals surface area contributed by atoms with Gasteiger partial charge in [-0.15, -0.1) is 0 Å². The monoisotopic (exact) mass is 350 g/mol. The number of aromatic nitrogens is 4. The average Bonchev–Trinajstić information content (AvgIpc) is 3.34. The topological polar surface area (TPSA) is 35.1 Å². The molecule has 1 aliphatic rings. The zero-order chi connectivity index (χ0) is 17.8. The molecule has 6 heteroatoms. The number of hydrogen-bond acceptors (Lipinski definition) is 2. The van der Waals surface area contributed by atoms with Crippen LogP contribution >= 0.6 is 0 Å². The van der Waals surface area contributed by atoms with Crippen molar-refractivity contribution in [3.8, 4) is 22.4 Å². The van der Waals surface area contributed by atoms with Crippen molar-refractivity contribution in [2.24, 2.45) is 0 Å². The molecule has 0 atom stereocenters. The van der Waals surface area contributed by atoms with Crippen LogP contribution in [0.15, 0.2) is 42.9 Å². The van der Waals surface area contributed by atoms with Crippen molar-refractivity contribution in [3.63, 3.8) is 0 Å². The molecule has 4 heterocycles. The Kier molecular flexibility index (Phi) is 3.22. The van der Waals surface area contributed by atoms with Gasteiger partial charge >= 0.3 is 0 Å². The van der Waals surface area contributed by atoms with Gasteiger partial charge in [-0.1, -0.05) is 0 Å². The number of nitrogens with zero attached hydrogens (tertiary/aromatic N) is 4. The summed E-state index contributed by atoms with van der Waals surface area (Å²) in [5, 5.41) is 4.67. The highest BCUT2D eigenvalue weighted by Crippen LogP contribution is 2.39. The number of aryl methyl sites for hydroxylation is 1. The number of hydrogen-bond donors (Lipinski definition) is 0. The van der Waals surface area contributed by atoms with Crippen LogP contribution in [0.4, 0.5) is 8.78 Å². The number of rotatable bonds is 2. The molecule has 4 nitrogen and oxygen atoms in total. The van der Waals surface area contributed by atoms with Crippen molar-refractivity contribution in [3.05, 3.63) is 65.7 Å². The first kappa shape index (κ1) is 15.3. The maximum atomic E-state index is 14.8. The van der Waals surface area contributed by atoms with Gasteiger partial charge in [0, 0.05) is 53.1 Å². The predicted molar refractivity (Wildman–Crippen MR) is 94.8 cm³/mol. The Morgan fingerprint density at radius 2 is 2.00 bits per heavy atom. The van der Waals surface area contributed by atoms with Crippen LogP contribution in [0.2, 0.25) is 0 Å². The molecule has 1 aromatic carbocycles. The molecule has 5 rings (SSSR count). The Balaban J connectivity index is 1.79. The van der Waals surface area contributed by atoms with E-state index >= 15 is 0 Å². The largest absolute Gasteiger partial charge is 0.306 e. The first-order valence-electron chi connectivity index (χ1n) is 8.61. The molecule has 1 aliphatic heterocycles. The summed E-state index contributed by atoms with van der Waals surface area (Å²) in [4.78, 5) is 4.27. The molecule has 0 saturated carbocycles. The number of fused-ring (bicyclic) bond motifs is 2. The van der Waals surface area contributed by atoms with E-state index in [2.05, 4.69) is 10.1 Å². The third-order valence-corrected chi connectivity index (χ3v) is 5.09. The van der Waals surface area contributed by atoms with Crippen LogP contribution in [0.5, 0.6) is 0 Å². The van der Waals surface area contributed by atoms with Crippen LogP contribution in [-0.2, 0) is 13.0 Å². The van der Waals surface area contributed by atoms with E-state index in [1.54, 1.807) is 6.20 Å². The Hall–Kier alpha value is -3.02. The second-order valence-electron chi connectivity index (χ2n) is 6.64. The van der Waals surface area contributed by atoms with Gasteiger partial charge in [0.05, 0.1) is 0 Å². The Morgan fingerprint density at radius 3 is 2.88 bits per heavy atom. The molecule has 0 bridgehead atoms. The average molecular weight is 350 g/mol. The number of imidazole rings is 1. The van der Waals surface area contributed by atoms with Gasteiger partial charge in [0.1, 0.15) is 23.0 Å². The van der Waals surface area contributed by atoms with Crippen molar-refractivity contribution >= 4 is 5.65 Å². The van der Waals surface area contributed by atoms with Crippen LogP contribution in [0.3, 0.4) is 0 Å². The van der Waals surface area contributed by atoms with E-state index in [0.717, 1.165) is 41.9 Å². The summed E-state index contributed by atoms with van der Waals surface area (Å²) < 4.78 is 32.4. The van der Waals surface area contributed by atoms with Crippen molar-refractivity contribution in [2.75, 3.05) is 0 Å². The first-order valence-corrected chi connectivity index (χ1v) is 8.61. The normalized spacial score (nSPS) is 13.5. The maximum Gasteiger partial charge on any atom is 0.138 e. The molecular formula is C20H16F2N4. The van der Waals surface area contributed by atoms with Gasteiger partial charge in [-0.3, -0.25) is 4.68 Å². The summed E-state index contributed by atoms with van der Waals surface area (Å²) in [7, 11) is 0. The maximum absolute atomic E-state index is 14.8. The summed E-state index contributed by atoms with van der Waals surface area (Å²) in [5.74, 6) is -1.09. The fourth-order valence-electron chi connectivity index (χ4n) is 3.74. The molecule has 0 aliphatic carbocycles. The van der Waals surface area contributed by atoms with E-state index in [9.17, 15) is 8.78 Å². The summed E-state index contributed by atoms with van der Waals surface area (Å²) in [6, 6.07) is 6.71. The summed E-state index contributed by atoms with van der Waals surface area (Å²) in [6.45, 7) is 2.27. The Morgan fingerprint density at radius 1 is 1.12 bits per heavy atom. The predicted octanol–water partition coefficient (Wildman–Crippen LogP) is 4.40. The second-order valence-corrected chi connectivity index (χ2v) is 6.64. The highest BCUT2D eigenvalue weighted by atomic mass is 19.1. The van der Waals surface area contributed by atoms with Gasteiger partial charge in [0.2, 0.25) is 0 Å². The molecule has 0 fully saturated rings. The van der Waals surface area contributed by atoms with Gasteiger partial charge in [-0.2, -0.15) is 5.10 Å². The van der Waals surface area contributed by atoms with Crippen LogP contribution < -0.4 is 0 Å². The molecular weight excluding hydrogens is 334 g/mol. The minimum Gasteiger partial charge on any atom is -0.306 e. The lowest BCUT2D eigenvalue weighted by Gasteiger charge is -2.09. The number of pyridine rings is 1. The van der Waals surface area contributed by atoms with Crippen LogP contribution in [0.1, 0.15) is 17.7 Å². The minimum absolute atomic E-state index is 0.0201. The molecule has 0 N–H and O–H groups in total.